The molecule has 3 aromatic carbocycles. The van der Waals surface area contributed by atoms with Crippen LogP contribution in [0.4, 0.5) is 0 Å². The van der Waals surface area contributed by atoms with E-state index < -0.39 is 0 Å². The first kappa shape index (κ1) is 23.5. The molecule has 170 valence electrons. The first-order valence-corrected chi connectivity index (χ1v) is 11.2. The van der Waals surface area contributed by atoms with Gasteiger partial charge in [-0.15, -0.1) is 0 Å². The highest BCUT2D eigenvalue weighted by atomic mass is 16.5. The molecule has 0 aliphatic heterocycles. The summed E-state index contributed by atoms with van der Waals surface area (Å²) < 4.78 is 18.2. The Hall–Kier alpha value is -3.14. The normalized spacial score (nSPS) is 10.8. The Kier molecular flexibility index (Phi) is 7.34. The lowest BCUT2D eigenvalue weighted by Crippen LogP contribution is -1.99. The first-order chi connectivity index (χ1) is 15.2. The number of aromatic hydroxyl groups is 1. The maximum atomic E-state index is 10.0. The van der Waals surface area contributed by atoms with Crippen LogP contribution >= 0.6 is 0 Å². The van der Waals surface area contributed by atoms with Gasteiger partial charge >= 0.3 is 0 Å². The molecule has 0 saturated heterocycles. The van der Waals surface area contributed by atoms with Crippen LogP contribution in [0.5, 0.6) is 34.5 Å². The van der Waals surface area contributed by atoms with Crippen LogP contribution in [0.1, 0.15) is 53.1 Å². The summed E-state index contributed by atoms with van der Waals surface area (Å²) in [7, 11) is 1.67. The maximum Gasteiger partial charge on any atom is 0.169 e. The zero-order valence-electron chi connectivity index (χ0n) is 20.3. The van der Waals surface area contributed by atoms with Gasteiger partial charge in [-0.3, -0.25) is 0 Å². The Labute approximate surface area is 191 Å². The fourth-order valence-electron chi connectivity index (χ4n) is 3.83. The molecule has 0 fully saturated rings. The van der Waals surface area contributed by atoms with E-state index in [1.54, 1.807) is 7.11 Å². The molecule has 0 heterocycles. The lowest BCUT2D eigenvalue weighted by atomic mass is 10.0. The van der Waals surface area contributed by atoms with Crippen molar-refractivity contribution in [3.63, 3.8) is 0 Å². The maximum absolute atomic E-state index is 10.0. The van der Waals surface area contributed by atoms with Crippen LogP contribution in [0.25, 0.3) is 0 Å². The summed E-state index contributed by atoms with van der Waals surface area (Å²) >= 11 is 0. The Bertz CT molecular complexity index is 1090. The smallest absolute Gasteiger partial charge is 0.169 e. The Balaban J connectivity index is 1.91. The van der Waals surface area contributed by atoms with Gasteiger partial charge in [0.15, 0.2) is 11.5 Å². The summed E-state index contributed by atoms with van der Waals surface area (Å²) in [5, 5.41) is 10.0. The molecule has 0 radical (unpaired) electrons. The first-order valence-electron chi connectivity index (χ1n) is 11.2. The zero-order chi connectivity index (χ0) is 23.4. The standard InChI is InChI=1S/C28H34O4/c1-8-9-10-22-11-12-24(26(16-22)30-7)32-25-15-19(4)28(21(6)20(25)5)31-23-13-17(2)27(29)18(3)14-23/h11-16,29H,8-10H2,1-7H3. The zero-order valence-corrected chi connectivity index (χ0v) is 20.3. The van der Waals surface area contributed by atoms with E-state index in [0.29, 0.717) is 17.2 Å². The predicted octanol–water partition coefficient (Wildman–Crippen LogP) is 7.87. The highest BCUT2D eigenvalue weighted by Gasteiger charge is 2.16. The fraction of sp³-hybridized carbons (Fsp3) is 0.357. The van der Waals surface area contributed by atoms with Crippen LogP contribution in [0, 0.1) is 34.6 Å². The number of unbranched alkanes of at least 4 members (excludes halogenated alkanes) is 1. The fourth-order valence-corrected chi connectivity index (χ4v) is 3.83. The molecule has 0 aliphatic carbocycles. The molecule has 0 saturated carbocycles. The number of benzene rings is 3. The molecule has 1 N–H and O–H groups in total. The monoisotopic (exact) mass is 434 g/mol. The number of phenols is 1. The van der Waals surface area contributed by atoms with Gasteiger partial charge in [-0.25, -0.2) is 0 Å². The van der Waals surface area contributed by atoms with E-state index in [-0.39, 0.29) is 0 Å². The largest absolute Gasteiger partial charge is 0.507 e. The van der Waals surface area contributed by atoms with Crippen LogP contribution in [-0.4, -0.2) is 12.2 Å². The lowest BCUT2D eigenvalue weighted by molar-refractivity contribution is 0.377. The van der Waals surface area contributed by atoms with Gasteiger partial charge in [0, 0.05) is 0 Å². The topological polar surface area (TPSA) is 47.9 Å². The van der Waals surface area contributed by atoms with Gasteiger partial charge < -0.3 is 19.3 Å². The third kappa shape index (κ3) is 5.01. The molecule has 0 atom stereocenters. The molecule has 0 amide bonds. The Morgan fingerprint density at radius 1 is 0.750 bits per heavy atom. The van der Waals surface area contributed by atoms with Gasteiger partial charge in [-0.05, 0) is 111 Å². The molecule has 0 spiro atoms. The van der Waals surface area contributed by atoms with E-state index in [2.05, 4.69) is 19.1 Å². The average molecular weight is 435 g/mol. The minimum absolute atomic E-state index is 0.306. The summed E-state index contributed by atoms with van der Waals surface area (Å²) in [4.78, 5) is 0. The highest BCUT2D eigenvalue weighted by molar-refractivity contribution is 5.56. The van der Waals surface area contributed by atoms with Crippen molar-refractivity contribution in [1.82, 2.24) is 0 Å². The van der Waals surface area contributed by atoms with Crippen molar-refractivity contribution in [3.8, 4) is 34.5 Å². The quantitative estimate of drug-likeness (QED) is 0.392. The molecule has 4 heteroatoms. The second kappa shape index (κ2) is 9.99. The SMILES string of the molecule is CCCCc1ccc(Oc2cc(C)c(Oc3cc(C)c(O)c(C)c3)c(C)c2C)c(OC)c1. The molecule has 0 unspecified atom stereocenters. The van der Waals surface area contributed by atoms with Crippen LogP contribution in [0.3, 0.4) is 0 Å². The van der Waals surface area contributed by atoms with Crippen molar-refractivity contribution in [1.29, 1.82) is 0 Å². The van der Waals surface area contributed by atoms with Gasteiger partial charge in [-0.1, -0.05) is 19.4 Å². The van der Waals surface area contributed by atoms with Crippen molar-refractivity contribution >= 4 is 0 Å². The number of aryl methyl sites for hydroxylation is 4. The predicted molar refractivity (Wildman–Crippen MR) is 130 cm³/mol. The van der Waals surface area contributed by atoms with E-state index >= 15 is 0 Å². The third-order valence-corrected chi connectivity index (χ3v) is 5.93. The Morgan fingerprint density at radius 2 is 1.44 bits per heavy atom. The van der Waals surface area contributed by atoms with Crippen LogP contribution in [0.2, 0.25) is 0 Å². The summed E-state index contributed by atoms with van der Waals surface area (Å²) in [6.07, 6.45) is 3.35. The van der Waals surface area contributed by atoms with Crippen LogP contribution < -0.4 is 14.2 Å². The van der Waals surface area contributed by atoms with Crippen molar-refractivity contribution in [2.75, 3.05) is 7.11 Å². The number of hydrogen-bond acceptors (Lipinski definition) is 4. The average Bonchev–Trinajstić information content (AvgIpc) is 2.77. The van der Waals surface area contributed by atoms with E-state index in [9.17, 15) is 5.11 Å². The lowest BCUT2D eigenvalue weighted by Gasteiger charge is -2.19. The minimum Gasteiger partial charge on any atom is -0.507 e. The number of rotatable bonds is 8. The molecule has 32 heavy (non-hydrogen) atoms. The van der Waals surface area contributed by atoms with Gasteiger partial charge in [0.25, 0.3) is 0 Å². The number of ether oxygens (including phenoxy) is 3. The van der Waals surface area contributed by atoms with Crippen molar-refractivity contribution < 1.29 is 19.3 Å². The molecular formula is C28H34O4. The number of hydrogen-bond donors (Lipinski definition) is 1. The van der Waals surface area contributed by atoms with Crippen LogP contribution in [-0.2, 0) is 6.42 Å². The summed E-state index contributed by atoms with van der Waals surface area (Å²) in [5.41, 5.74) is 5.84. The number of phenolic OH excluding ortho intramolecular Hbond substituents is 1. The van der Waals surface area contributed by atoms with E-state index in [1.165, 1.54) is 5.56 Å². The summed E-state index contributed by atoms with van der Waals surface area (Å²) in [5.74, 6) is 4.05. The van der Waals surface area contributed by atoms with E-state index in [4.69, 9.17) is 14.2 Å². The van der Waals surface area contributed by atoms with Crippen molar-refractivity contribution in [2.45, 2.75) is 60.8 Å². The third-order valence-electron chi connectivity index (χ3n) is 5.93. The van der Waals surface area contributed by atoms with E-state index in [0.717, 1.165) is 64.3 Å². The molecule has 4 nitrogen and oxygen atoms in total. The molecule has 3 rings (SSSR count). The highest BCUT2D eigenvalue weighted by Crippen LogP contribution is 2.40. The summed E-state index contributed by atoms with van der Waals surface area (Å²) in [6, 6.07) is 11.9. The molecule has 0 bridgehead atoms. The van der Waals surface area contributed by atoms with Crippen molar-refractivity contribution in [2.24, 2.45) is 0 Å². The number of methoxy groups -OCH3 is 1. The van der Waals surface area contributed by atoms with Crippen molar-refractivity contribution in [3.05, 3.63) is 69.8 Å². The molecule has 0 aromatic heterocycles. The summed E-state index contributed by atoms with van der Waals surface area (Å²) in [6.45, 7) is 12.0. The van der Waals surface area contributed by atoms with Gasteiger partial charge in [0.2, 0.25) is 0 Å². The van der Waals surface area contributed by atoms with Gasteiger partial charge in [0.05, 0.1) is 7.11 Å². The van der Waals surface area contributed by atoms with Gasteiger partial charge in [0.1, 0.15) is 23.0 Å². The second-order valence-corrected chi connectivity index (χ2v) is 8.47. The van der Waals surface area contributed by atoms with Gasteiger partial charge in [-0.2, -0.15) is 0 Å². The van der Waals surface area contributed by atoms with Crippen LogP contribution in [0.15, 0.2) is 36.4 Å². The second-order valence-electron chi connectivity index (χ2n) is 8.47. The molecular weight excluding hydrogens is 400 g/mol. The molecule has 3 aromatic rings. The molecule has 0 aliphatic rings. The van der Waals surface area contributed by atoms with E-state index in [1.807, 2.05) is 58.9 Å². The Morgan fingerprint density at radius 3 is 2.06 bits per heavy atom. The minimum atomic E-state index is 0.306.